The first-order valence-electron chi connectivity index (χ1n) is 9.66. The molecular weight excluding hydrogens is 364 g/mol. The number of benzene rings is 2. The van der Waals surface area contributed by atoms with Crippen molar-refractivity contribution in [3.63, 3.8) is 0 Å². The van der Waals surface area contributed by atoms with Crippen molar-refractivity contribution in [2.24, 2.45) is 0 Å². The molecule has 4 rings (SSSR count). The van der Waals surface area contributed by atoms with Crippen LogP contribution in [0.2, 0.25) is 0 Å². The summed E-state index contributed by atoms with van der Waals surface area (Å²) in [5.41, 5.74) is 3.27. The van der Waals surface area contributed by atoms with Crippen molar-refractivity contribution < 1.29 is 4.79 Å². The van der Waals surface area contributed by atoms with Crippen molar-refractivity contribution >= 4 is 28.9 Å². The zero-order valence-corrected chi connectivity index (χ0v) is 16.4. The van der Waals surface area contributed by atoms with Crippen molar-refractivity contribution in [2.75, 3.05) is 48.8 Å². The van der Waals surface area contributed by atoms with E-state index < -0.39 is 0 Å². The number of carbonyl (C=O) groups is 1. The number of rotatable bonds is 5. The van der Waals surface area contributed by atoms with Crippen LogP contribution in [-0.2, 0) is 0 Å². The van der Waals surface area contributed by atoms with E-state index in [1.165, 1.54) is 18.1 Å². The monoisotopic (exact) mass is 388 g/mol. The van der Waals surface area contributed by atoms with Crippen molar-refractivity contribution in [1.82, 2.24) is 14.9 Å². The van der Waals surface area contributed by atoms with Gasteiger partial charge < -0.3 is 20.4 Å². The zero-order valence-electron chi connectivity index (χ0n) is 16.4. The van der Waals surface area contributed by atoms with Gasteiger partial charge in [0.05, 0.1) is 5.56 Å². The van der Waals surface area contributed by atoms with Gasteiger partial charge in [0.25, 0.3) is 5.91 Å². The molecule has 2 heterocycles. The maximum atomic E-state index is 12.3. The first kappa shape index (κ1) is 18.9. The highest BCUT2D eigenvalue weighted by atomic mass is 16.1. The Morgan fingerprint density at radius 1 is 0.862 bits per heavy atom. The Bertz CT molecular complexity index is 935. The minimum atomic E-state index is -0.237. The largest absolute Gasteiger partial charge is 0.369 e. The standard InChI is InChI=1S/C22H24N6O/c1-27-11-13-28(14-12-27)20-9-7-19(8-10-20)26-22-23-15-17(16-24-22)21(29)25-18-5-3-2-4-6-18/h2-10,15-16H,11-14H2,1H3,(H,25,29)(H,23,24,26). The van der Waals surface area contributed by atoms with E-state index in [9.17, 15) is 4.79 Å². The van der Waals surface area contributed by atoms with Gasteiger partial charge in [-0.2, -0.15) is 0 Å². The average Bonchev–Trinajstić information content (AvgIpc) is 2.76. The van der Waals surface area contributed by atoms with E-state index in [1.54, 1.807) is 0 Å². The van der Waals surface area contributed by atoms with Crippen LogP contribution < -0.4 is 15.5 Å². The first-order valence-corrected chi connectivity index (χ1v) is 9.66. The van der Waals surface area contributed by atoms with Crippen molar-refractivity contribution in [2.45, 2.75) is 0 Å². The van der Waals surface area contributed by atoms with Crippen LogP contribution in [0, 0.1) is 0 Å². The molecule has 1 aliphatic rings. The van der Waals surface area contributed by atoms with E-state index in [2.05, 4.69) is 49.6 Å². The Morgan fingerprint density at radius 3 is 2.17 bits per heavy atom. The molecule has 0 saturated carbocycles. The fourth-order valence-electron chi connectivity index (χ4n) is 3.18. The Morgan fingerprint density at radius 2 is 1.52 bits per heavy atom. The van der Waals surface area contributed by atoms with Crippen molar-refractivity contribution in [1.29, 1.82) is 0 Å². The number of anilines is 4. The van der Waals surface area contributed by atoms with Gasteiger partial charge in [0.2, 0.25) is 5.95 Å². The van der Waals surface area contributed by atoms with Gasteiger partial charge in [0, 0.05) is 55.6 Å². The molecule has 1 saturated heterocycles. The lowest BCUT2D eigenvalue weighted by Crippen LogP contribution is -2.44. The summed E-state index contributed by atoms with van der Waals surface area (Å²) >= 11 is 0. The highest BCUT2D eigenvalue weighted by Crippen LogP contribution is 2.21. The Labute approximate surface area is 170 Å². The minimum absolute atomic E-state index is 0.237. The van der Waals surface area contributed by atoms with Crippen LogP contribution in [0.15, 0.2) is 67.0 Å². The van der Waals surface area contributed by atoms with Gasteiger partial charge in [-0.05, 0) is 43.4 Å². The molecular formula is C22H24N6O. The number of para-hydroxylation sites is 1. The fourth-order valence-corrected chi connectivity index (χ4v) is 3.18. The van der Waals surface area contributed by atoms with Crippen LogP contribution in [0.1, 0.15) is 10.4 Å². The number of hydrogen-bond donors (Lipinski definition) is 2. The number of nitrogens with one attached hydrogen (secondary N) is 2. The summed E-state index contributed by atoms with van der Waals surface area (Å²) in [5, 5.41) is 6.00. The third kappa shape index (κ3) is 4.89. The topological polar surface area (TPSA) is 73.4 Å². The maximum Gasteiger partial charge on any atom is 0.258 e. The molecule has 2 N–H and O–H groups in total. The van der Waals surface area contributed by atoms with E-state index >= 15 is 0 Å². The molecule has 3 aromatic rings. The molecule has 1 aliphatic heterocycles. The number of carbonyl (C=O) groups excluding carboxylic acids is 1. The lowest BCUT2D eigenvalue weighted by molar-refractivity contribution is 0.102. The van der Waals surface area contributed by atoms with E-state index in [-0.39, 0.29) is 5.91 Å². The molecule has 0 spiro atoms. The number of amides is 1. The van der Waals surface area contributed by atoms with E-state index in [0.29, 0.717) is 11.5 Å². The number of nitrogens with zero attached hydrogens (tertiary/aromatic N) is 4. The van der Waals surface area contributed by atoms with Gasteiger partial charge in [0.1, 0.15) is 0 Å². The predicted molar refractivity (Wildman–Crippen MR) is 116 cm³/mol. The lowest BCUT2D eigenvalue weighted by Gasteiger charge is -2.34. The molecule has 1 fully saturated rings. The molecule has 2 aromatic carbocycles. The zero-order chi connectivity index (χ0) is 20.1. The molecule has 0 unspecified atom stereocenters. The van der Waals surface area contributed by atoms with E-state index in [1.807, 2.05) is 42.5 Å². The van der Waals surface area contributed by atoms with Gasteiger partial charge >= 0.3 is 0 Å². The van der Waals surface area contributed by atoms with Gasteiger partial charge in [-0.25, -0.2) is 9.97 Å². The van der Waals surface area contributed by atoms with Crippen LogP contribution in [0.4, 0.5) is 23.0 Å². The Kier molecular flexibility index (Phi) is 5.67. The number of aromatic nitrogens is 2. The normalized spacial score (nSPS) is 14.4. The number of hydrogen-bond acceptors (Lipinski definition) is 6. The predicted octanol–water partition coefficient (Wildman–Crippen LogP) is 3.22. The first-order chi connectivity index (χ1) is 14.2. The third-order valence-electron chi connectivity index (χ3n) is 4.94. The fraction of sp³-hybridized carbons (Fsp3) is 0.227. The van der Waals surface area contributed by atoms with Crippen molar-refractivity contribution in [3.8, 4) is 0 Å². The van der Waals surface area contributed by atoms with Gasteiger partial charge in [-0.1, -0.05) is 18.2 Å². The second-order valence-corrected chi connectivity index (χ2v) is 7.08. The van der Waals surface area contributed by atoms with Crippen LogP contribution >= 0.6 is 0 Å². The molecule has 29 heavy (non-hydrogen) atoms. The molecule has 0 aliphatic carbocycles. The number of likely N-dealkylation sites (N-methyl/N-ethyl adjacent to an activating group) is 1. The molecule has 0 bridgehead atoms. The summed E-state index contributed by atoms with van der Waals surface area (Å²) in [6, 6.07) is 17.6. The lowest BCUT2D eigenvalue weighted by atomic mass is 10.2. The third-order valence-corrected chi connectivity index (χ3v) is 4.94. The molecule has 1 amide bonds. The van der Waals surface area contributed by atoms with Crippen LogP contribution in [0.3, 0.4) is 0 Å². The van der Waals surface area contributed by atoms with Gasteiger partial charge in [-0.15, -0.1) is 0 Å². The molecule has 1 aromatic heterocycles. The highest BCUT2D eigenvalue weighted by Gasteiger charge is 2.14. The Balaban J connectivity index is 1.35. The maximum absolute atomic E-state index is 12.3. The molecule has 148 valence electrons. The van der Waals surface area contributed by atoms with Crippen molar-refractivity contribution in [3.05, 3.63) is 72.6 Å². The summed E-state index contributed by atoms with van der Waals surface area (Å²) in [5.74, 6) is 0.216. The summed E-state index contributed by atoms with van der Waals surface area (Å²) in [7, 11) is 2.15. The quantitative estimate of drug-likeness (QED) is 0.699. The summed E-state index contributed by atoms with van der Waals surface area (Å²) in [6.45, 7) is 4.24. The van der Waals surface area contributed by atoms with E-state index in [4.69, 9.17) is 0 Å². The average molecular weight is 388 g/mol. The highest BCUT2D eigenvalue weighted by molar-refractivity contribution is 6.03. The summed E-state index contributed by atoms with van der Waals surface area (Å²) in [4.78, 5) is 25.5. The molecule has 7 nitrogen and oxygen atoms in total. The summed E-state index contributed by atoms with van der Waals surface area (Å²) < 4.78 is 0. The van der Waals surface area contributed by atoms with Gasteiger partial charge in [-0.3, -0.25) is 4.79 Å². The molecule has 0 radical (unpaired) electrons. The van der Waals surface area contributed by atoms with Crippen LogP contribution in [-0.4, -0.2) is 54.0 Å². The number of piperazine rings is 1. The Hall–Kier alpha value is -3.45. The van der Waals surface area contributed by atoms with Crippen LogP contribution in [0.5, 0.6) is 0 Å². The second kappa shape index (κ2) is 8.70. The van der Waals surface area contributed by atoms with Crippen LogP contribution in [0.25, 0.3) is 0 Å². The second-order valence-electron chi connectivity index (χ2n) is 7.08. The smallest absolute Gasteiger partial charge is 0.258 e. The van der Waals surface area contributed by atoms with E-state index in [0.717, 1.165) is 37.6 Å². The molecule has 0 atom stereocenters. The summed E-state index contributed by atoms with van der Waals surface area (Å²) in [6.07, 6.45) is 3.04. The SMILES string of the molecule is CN1CCN(c2ccc(Nc3ncc(C(=O)Nc4ccccc4)cn3)cc2)CC1. The molecule has 7 heteroatoms. The minimum Gasteiger partial charge on any atom is -0.369 e. The van der Waals surface area contributed by atoms with Gasteiger partial charge in [0.15, 0.2) is 0 Å².